The predicted octanol–water partition coefficient (Wildman–Crippen LogP) is 3.98. The number of carbonyl (C=O) groups excluding carboxylic acids is 1. The number of hydrogen-bond donors (Lipinski definition) is 1. The van der Waals surface area contributed by atoms with Crippen LogP contribution in [-0.4, -0.2) is 31.7 Å². The number of carbonyl (C=O) groups is 1. The molecular formula is C21H26N2O3S. The smallest absolute Gasteiger partial charge is 0.255 e. The fourth-order valence-corrected chi connectivity index (χ4v) is 5.04. The zero-order chi connectivity index (χ0) is 19.6. The molecule has 6 heteroatoms. The van der Waals surface area contributed by atoms with Crippen molar-refractivity contribution >= 4 is 21.6 Å². The molecule has 1 fully saturated rings. The lowest BCUT2D eigenvalue weighted by atomic mass is 10.0. The van der Waals surface area contributed by atoms with Crippen LogP contribution < -0.4 is 5.32 Å². The summed E-state index contributed by atoms with van der Waals surface area (Å²) in [6.45, 7) is 7.12. The molecule has 0 aromatic heterocycles. The number of sulfonamides is 1. The Hall–Kier alpha value is -2.18. The predicted molar refractivity (Wildman–Crippen MR) is 107 cm³/mol. The van der Waals surface area contributed by atoms with Gasteiger partial charge < -0.3 is 5.32 Å². The Kier molecular flexibility index (Phi) is 5.67. The minimum absolute atomic E-state index is 0.236. The summed E-state index contributed by atoms with van der Waals surface area (Å²) in [6.07, 6.45) is 1.94. The molecule has 1 saturated heterocycles. The van der Waals surface area contributed by atoms with Crippen molar-refractivity contribution in [1.29, 1.82) is 0 Å². The van der Waals surface area contributed by atoms with Gasteiger partial charge in [-0.05, 0) is 68.5 Å². The van der Waals surface area contributed by atoms with Crippen LogP contribution in [0.4, 0.5) is 5.69 Å². The van der Waals surface area contributed by atoms with E-state index in [0.717, 1.165) is 29.7 Å². The molecule has 0 spiro atoms. The van der Waals surface area contributed by atoms with E-state index < -0.39 is 10.0 Å². The van der Waals surface area contributed by atoms with E-state index in [9.17, 15) is 13.2 Å². The number of nitrogens with one attached hydrogen (secondary N) is 1. The summed E-state index contributed by atoms with van der Waals surface area (Å²) >= 11 is 0. The van der Waals surface area contributed by atoms with E-state index in [1.807, 2.05) is 32.0 Å². The van der Waals surface area contributed by atoms with Crippen LogP contribution >= 0.6 is 0 Å². The molecule has 1 aliphatic rings. The normalized spacial score (nSPS) is 18.3. The van der Waals surface area contributed by atoms with Crippen LogP contribution in [0.3, 0.4) is 0 Å². The van der Waals surface area contributed by atoms with Crippen molar-refractivity contribution in [3.8, 4) is 0 Å². The third-order valence-electron chi connectivity index (χ3n) is 5.00. The maximum atomic E-state index is 12.8. The maximum absolute atomic E-state index is 12.8. The van der Waals surface area contributed by atoms with E-state index in [-0.39, 0.29) is 10.8 Å². The van der Waals surface area contributed by atoms with Gasteiger partial charge in [-0.15, -0.1) is 0 Å². The lowest BCUT2D eigenvalue weighted by molar-refractivity contribution is 0.102. The second-order valence-corrected chi connectivity index (χ2v) is 9.35. The summed E-state index contributed by atoms with van der Waals surface area (Å²) in [5, 5.41) is 2.88. The Balaban J connectivity index is 1.75. The molecule has 144 valence electrons. The van der Waals surface area contributed by atoms with Crippen molar-refractivity contribution in [1.82, 2.24) is 4.31 Å². The highest BCUT2D eigenvalue weighted by Crippen LogP contribution is 2.24. The number of rotatable bonds is 4. The van der Waals surface area contributed by atoms with Crippen molar-refractivity contribution < 1.29 is 13.2 Å². The average molecular weight is 387 g/mol. The molecule has 2 aromatic rings. The van der Waals surface area contributed by atoms with Crippen molar-refractivity contribution in [2.24, 2.45) is 5.92 Å². The van der Waals surface area contributed by atoms with Gasteiger partial charge in [-0.3, -0.25) is 4.79 Å². The third-order valence-corrected chi connectivity index (χ3v) is 6.88. The highest BCUT2D eigenvalue weighted by atomic mass is 32.2. The molecule has 0 bridgehead atoms. The van der Waals surface area contributed by atoms with E-state index >= 15 is 0 Å². The van der Waals surface area contributed by atoms with E-state index in [1.165, 1.54) is 12.1 Å². The van der Waals surface area contributed by atoms with Gasteiger partial charge >= 0.3 is 0 Å². The fourth-order valence-electron chi connectivity index (χ4n) is 3.44. The number of amides is 1. The number of anilines is 1. The van der Waals surface area contributed by atoms with Crippen LogP contribution in [0.5, 0.6) is 0 Å². The quantitative estimate of drug-likeness (QED) is 0.864. The Bertz CT molecular complexity index is 936. The molecule has 0 saturated carbocycles. The first-order valence-electron chi connectivity index (χ1n) is 9.26. The Morgan fingerprint density at radius 3 is 2.44 bits per heavy atom. The van der Waals surface area contributed by atoms with Crippen molar-refractivity contribution in [3.63, 3.8) is 0 Å². The minimum atomic E-state index is -3.51. The first-order valence-corrected chi connectivity index (χ1v) is 10.7. The van der Waals surface area contributed by atoms with Gasteiger partial charge in [0.2, 0.25) is 10.0 Å². The van der Waals surface area contributed by atoms with Gasteiger partial charge in [-0.1, -0.05) is 24.6 Å². The highest BCUT2D eigenvalue weighted by molar-refractivity contribution is 7.89. The highest BCUT2D eigenvalue weighted by Gasteiger charge is 2.28. The van der Waals surface area contributed by atoms with Gasteiger partial charge in [-0.25, -0.2) is 8.42 Å². The fraction of sp³-hybridized carbons (Fsp3) is 0.381. The summed E-state index contributed by atoms with van der Waals surface area (Å²) in [5.41, 5.74) is 3.30. The summed E-state index contributed by atoms with van der Waals surface area (Å²) in [4.78, 5) is 12.7. The SMILES string of the molecule is Cc1ccc(NC(=O)c2ccc(S(=O)(=O)N3CCCC(C)C3)cc2)c(C)c1. The van der Waals surface area contributed by atoms with Gasteiger partial charge in [0.25, 0.3) is 5.91 Å². The minimum Gasteiger partial charge on any atom is -0.322 e. The van der Waals surface area contributed by atoms with E-state index in [2.05, 4.69) is 12.2 Å². The van der Waals surface area contributed by atoms with Gasteiger partial charge in [-0.2, -0.15) is 4.31 Å². The lowest BCUT2D eigenvalue weighted by Crippen LogP contribution is -2.39. The van der Waals surface area contributed by atoms with Gasteiger partial charge in [0.15, 0.2) is 0 Å². The third kappa shape index (κ3) is 4.39. The second-order valence-electron chi connectivity index (χ2n) is 7.41. The molecule has 2 aromatic carbocycles. The van der Waals surface area contributed by atoms with Gasteiger partial charge in [0.1, 0.15) is 0 Å². The molecule has 1 unspecified atom stereocenters. The molecular weight excluding hydrogens is 360 g/mol. The second kappa shape index (κ2) is 7.82. The topological polar surface area (TPSA) is 66.5 Å². The van der Waals surface area contributed by atoms with Crippen molar-refractivity contribution in [2.45, 2.75) is 38.5 Å². The number of piperidine rings is 1. The molecule has 1 aliphatic heterocycles. The summed E-state index contributed by atoms with van der Waals surface area (Å²) < 4.78 is 27.2. The van der Waals surface area contributed by atoms with Gasteiger partial charge in [0, 0.05) is 24.3 Å². The van der Waals surface area contributed by atoms with Crippen molar-refractivity contribution in [2.75, 3.05) is 18.4 Å². The van der Waals surface area contributed by atoms with E-state index in [0.29, 0.717) is 24.6 Å². The number of nitrogens with zero attached hydrogens (tertiary/aromatic N) is 1. The standard InChI is InChI=1S/C21H26N2O3S/c1-15-6-11-20(17(3)13-15)22-21(24)18-7-9-19(10-8-18)27(25,26)23-12-4-5-16(2)14-23/h6-11,13,16H,4-5,12,14H2,1-3H3,(H,22,24). The molecule has 5 nitrogen and oxygen atoms in total. The zero-order valence-electron chi connectivity index (χ0n) is 16.0. The van der Waals surface area contributed by atoms with Crippen molar-refractivity contribution in [3.05, 3.63) is 59.2 Å². The Morgan fingerprint density at radius 1 is 1.11 bits per heavy atom. The number of hydrogen-bond acceptors (Lipinski definition) is 3. The van der Waals surface area contributed by atoms with Gasteiger partial charge in [0.05, 0.1) is 4.90 Å². The first-order chi connectivity index (χ1) is 12.8. The number of benzene rings is 2. The van der Waals surface area contributed by atoms with Crippen LogP contribution in [0.2, 0.25) is 0 Å². The molecule has 1 N–H and O–H groups in total. The van der Waals surface area contributed by atoms with E-state index in [4.69, 9.17) is 0 Å². The zero-order valence-corrected chi connectivity index (χ0v) is 16.8. The lowest BCUT2D eigenvalue weighted by Gasteiger charge is -2.30. The Labute approximate surface area is 161 Å². The van der Waals surface area contributed by atoms with Crippen LogP contribution in [0.15, 0.2) is 47.4 Å². The summed E-state index contributed by atoms with van der Waals surface area (Å²) in [5.74, 6) is 0.119. The Morgan fingerprint density at radius 2 is 1.81 bits per heavy atom. The average Bonchev–Trinajstić information content (AvgIpc) is 2.64. The monoisotopic (exact) mass is 386 g/mol. The number of aryl methyl sites for hydroxylation is 2. The summed E-state index contributed by atoms with van der Waals surface area (Å²) in [7, 11) is -3.51. The maximum Gasteiger partial charge on any atom is 0.255 e. The molecule has 3 rings (SSSR count). The molecule has 1 heterocycles. The molecule has 0 aliphatic carbocycles. The first kappa shape index (κ1) is 19.6. The van der Waals surface area contributed by atoms with E-state index in [1.54, 1.807) is 16.4 Å². The molecule has 27 heavy (non-hydrogen) atoms. The van der Waals surface area contributed by atoms with Crippen LogP contribution in [0.1, 0.15) is 41.3 Å². The van der Waals surface area contributed by atoms with Crippen LogP contribution in [0, 0.1) is 19.8 Å². The van der Waals surface area contributed by atoms with Crippen LogP contribution in [0.25, 0.3) is 0 Å². The molecule has 1 atom stereocenters. The largest absolute Gasteiger partial charge is 0.322 e. The summed E-state index contributed by atoms with van der Waals surface area (Å²) in [6, 6.07) is 12.0. The molecule has 0 radical (unpaired) electrons. The van der Waals surface area contributed by atoms with Crippen LogP contribution in [-0.2, 0) is 10.0 Å². The molecule has 1 amide bonds.